The van der Waals surface area contributed by atoms with E-state index in [0.717, 1.165) is 4.90 Å². The minimum atomic E-state index is -0.855. The van der Waals surface area contributed by atoms with Crippen LogP contribution in [0.25, 0.3) is 6.08 Å². The summed E-state index contributed by atoms with van der Waals surface area (Å²) in [5.74, 6) is -1.08. The molecule has 4 amide bonds. The van der Waals surface area contributed by atoms with Crippen molar-refractivity contribution in [2.24, 2.45) is 0 Å². The molecule has 1 saturated heterocycles. The van der Waals surface area contributed by atoms with Gasteiger partial charge in [0.05, 0.1) is 27.0 Å². The first-order valence-electron chi connectivity index (χ1n) is 9.31. The zero-order valence-electron chi connectivity index (χ0n) is 17.5. The van der Waals surface area contributed by atoms with Gasteiger partial charge in [0.15, 0.2) is 18.1 Å². The van der Waals surface area contributed by atoms with Crippen LogP contribution in [-0.4, -0.2) is 51.8 Å². The summed E-state index contributed by atoms with van der Waals surface area (Å²) in [6.07, 6.45) is 1.33. The Balaban J connectivity index is 1.90. The highest BCUT2D eigenvalue weighted by atomic mass is 16.6. The molecule has 0 atom stereocenters. The van der Waals surface area contributed by atoms with Crippen molar-refractivity contribution < 1.29 is 38.1 Å². The molecule has 2 aromatic rings. The van der Waals surface area contributed by atoms with Crippen LogP contribution < -0.4 is 24.4 Å². The van der Waals surface area contributed by atoms with E-state index in [1.807, 2.05) is 0 Å². The molecule has 0 saturated carbocycles. The lowest BCUT2D eigenvalue weighted by Crippen LogP contribution is -2.54. The summed E-state index contributed by atoms with van der Waals surface area (Å²) < 4.78 is 20.2. The number of benzene rings is 2. The number of carbonyl (C=O) groups excluding carboxylic acids is 4. The maximum atomic E-state index is 13.0. The number of hydrogen-bond acceptors (Lipinski definition) is 8. The Labute approximate surface area is 183 Å². The number of barbiturate groups is 1. The summed E-state index contributed by atoms with van der Waals surface area (Å²) in [4.78, 5) is 49.8. The Morgan fingerprint density at radius 2 is 1.69 bits per heavy atom. The van der Waals surface area contributed by atoms with E-state index in [4.69, 9.17) is 14.2 Å². The van der Waals surface area contributed by atoms with Gasteiger partial charge in [0.2, 0.25) is 0 Å². The van der Waals surface area contributed by atoms with Gasteiger partial charge in [-0.3, -0.25) is 14.9 Å². The van der Waals surface area contributed by atoms with Crippen molar-refractivity contribution in [2.75, 3.05) is 32.8 Å². The highest BCUT2D eigenvalue weighted by molar-refractivity contribution is 6.39. The second-order valence-corrected chi connectivity index (χ2v) is 6.43. The van der Waals surface area contributed by atoms with Crippen molar-refractivity contribution in [1.82, 2.24) is 5.32 Å². The molecule has 0 spiro atoms. The van der Waals surface area contributed by atoms with Gasteiger partial charge in [-0.1, -0.05) is 6.07 Å². The van der Waals surface area contributed by atoms with Crippen molar-refractivity contribution in [3.63, 3.8) is 0 Å². The van der Waals surface area contributed by atoms with Crippen molar-refractivity contribution in [3.05, 3.63) is 53.6 Å². The SMILES string of the molecule is COC(=O)COc1ccc(/C=C2/C(=O)NC(=O)N(c3ccc(OC)cc3)C2=O)cc1OC. The van der Waals surface area contributed by atoms with Gasteiger partial charge in [-0.15, -0.1) is 0 Å². The van der Waals surface area contributed by atoms with Crippen LogP contribution in [0.4, 0.5) is 10.5 Å². The van der Waals surface area contributed by atoms with Gasteiger partial charge < -0.3 is 18.9 Å². The largest absolute Gasteiger partial charge is 0.497 e. The molecule has 3 rings (SSSR count). The second kappa shape index (κ2) is 9.65. The molecule has 2 aromatic carbocycles. The van der Waals surface area contributed by atoms with Gasteiger partial charge in [-0.2, -0.15) is 0 Å². The number of carbonyl (C=O) groups is 4. The maximum Gasteiger partial charge on any atom is 0.343 e. The summed E-state index contributed by atoms with van der Waals surface area (Å²) in [5.41, 5.74) is 0.469. The lowest BCUT2D eigenvalue weighted by molar-refractivity contribution is -0.143. The zero-order chi connectivity index (χ0) is 23.3. The number of methoxy groups -OCH3 is 3. The highest BCUT2D eigenvalue weighted by Gasteiger charge is 2.36. The van der Waals surface area contributed by atoms with Gasteiger partial charge in [-0.05, 0) is 48.0 Å². The lowest BCUT2D eigenvalue weighted by Gasteiger charge is -2.26. The van der Waals surface area contributed by atoms with Crippen molar-refractivity contribution in [2.45, 2.75) is 0 Å². The van der Waals surface area contributed by atoms with Gasteiger partial charge in [0, 0.05) is 0 Å². The first kappa shape index (κ1) is 22.3. The molecule has 1 fully saturated rings. The highest BCUT2D eigenvalue weighted by Crippen LogP contribution is 2.30. The third-order valence-electron chi connectivity index (χ3n) is 4.50. The molecule has 0 bridgehead atoms. The van der Waals surface area contributed by atoms with Crippen molar-refractivity contribution in [3.8, 4) is 17.2 Å². The number of ether oxygens (including phenoxy) is 4. The first-order chi connectivity index (χ1) is 15.4. The number of anilines is 1. The molecule has 1 aliphatic heterocycles. The summed E-state index contributed by atoms with van der Waals surface area (Å²) in [7, 11) is 4.14. The van der Waals surface area contributed by atoms with E-state index in [1.54, 1.807) is 18.2 Å². The predicted octanol–water partition coefficient (Wildman–Crippen LogP) is 1.92. The standard InChI is InChI=1S/C22H20N2O8/c1-29-15-7-5-14(6-8-15)24-21(27)16(20(26)23-22(24)28)10-13-4-9-17(18(11-13)30-2)32-12-19(25)31-3/h4-11H,12H2,1-3H3,(H,23,26,28)/b16-10-. The molecule has 10 heteroatoms. The Hall–Kier alpha value is -4.34. The number of rotatable bonds is 7. The van der Waals surface area contributed by atoms with E-state index in [9.17, 15) is 19.2 Å². The van der Waals surface area contributed by atoms with Gasteiger partial charge in [0.25, 0.3) is 11.8 Å². The second-order valence-electron chi connectivity index (χ2n) is 6.43. The molecule has 1 heterocycles. The average Bonchev–Trinajstić information content (AvgIpc) is 2.80. The summed E-state index contributed by atoms with van der Waals surface area (Å²) >= 11 is 0. The third-order valence-corrected chi connectivity index (χ3v) is 4.50. The topological polar surface area (TPSA) is 120 Å². The van der Waals surface area contributed by atoms with E-state index < -0.39 is 23.8 Å². The smallest absolute Gasteiger partial charge is 0.343 e. The number of hydrogen-bond donors (Lipinski definition) is 1. The van der Waals surface area contributed by atoms with E-state index >= 15 is 0 Å². The van der Waals surface area contributed by atoms with Crippen LogP contribution in [0.3, 0.4) is 0 Å². The maximum absolute atomic E-state index is 13.0. The Bertz CT molecular complexity index is 1090. The van der Waals surface area contributed by atoms with Crippen LogP contribution in [0.5, 0.6) is 17.2 Å². The fourth-order valence-electron chi connectivity index (χ4n) is 2.88. The van der Waals surface area contributed by atoms with E-state index in [0.29, 0.717) is 11.3 Å². The number of esters is 1. The molecule has 0 aliphatic carbocycles. The summed E-state index contributed by atoms with van der Waals surface area (Å²) in [6, 6.07) is 9.99. The van der Waals surface area contributed by atoms with Crippen LogP contribution in [0.2, 0.25) is 0 Å². The van der Waals surface area contributed by atoms with Crippen LogP contribution in [0.1, 0.15) is 5.56 Å². The number of nitrogens with one attached hydrogen (secondary N) is 1. The monoisotopic (exact) mass is 440 g/mol. The van der Waals surface area contributed by atoms with E-state index in [-0.39, 0.29) is 29.4 Å². The molecule has 1 aliphatic rings. The number of amides is 4. The normalized spacial score (nSPS) is 14.8. The quantitative estimate of drug-likeness (QED) is 0.394. The molecule has 0 aromatic heterocycles. The van der Waals surface area contributed by atoms with Gasteiger partial charge in [0.1, 0.15) is 11.3 Å². The number of imide groups is 2. The van der Waals surface area contributed by atoms with Crippen molar-refractivity contribution in [1.29, 1.82) is 0 Å². The minimum Gasteiger partial charge on any atom is -0.497 e. The van der Waals surface area contributed by atoms with Gasteiger partial charge >= 0.3 is 12.0 Å². The minimum absolute atomic E-state index is 0.245. The molecular formula is C22H20N2O8. The Morgan fingerprint density at radius 3 is 2.31 bits per heavy atom. The number of nitrogens with zero attached hydrogens (tertiary/aromatic N) is 1. The molecule has 0 radical (unpaired) electrons. The lowest BCUT2D eigenvalue weighted by atomic mass is 10.1. The predicted molar refractivity (Wildman–Crippen MR) is 113 cm³/mol. The van der Waals surface area contributed by atoms with Crippen molar-refractivity contribution >= 4 is 35.6 Å². The molecular weight excluding hydrogens is 420 g/mol. The van der Waals surface area contributed by atoms with E-state index in [1.165, 1.54) is 51.7 Å². The molecule has 0 unspecified atom stereocenters. The summed E-state index contributed by atoms with van der Waals surface area (Å²) in [5, 5.41) is 2.16. The first-order valence-corrected chi connectivity index (χ1v) is 9.31. The molecule has 1 N–H and O–H groups in total. The van der Waals surface area contributed by atoms with Crippen LogP contribution in [0, 0.1) is 0 Å². The molecule has 32 heavy (non-hydrogen) atoms. The van der Waals surface area contributed by atoms with Crippen LogP contribution >= 0.6 is 0 Å². The van der Waals surface area contributed by atoms with E-state index in [2.05, 4.69) is 10.1 Å². The fraction of sp³-hybridized carbons (Fsp3) is 0.182. The molecule has 10 nitrogen and oxygen atoms in total. The zero-order valence-corrected chi connectivity index (χ0v) is 17.5. The number of urea groups is 1. The third kappa shape index (κ3) is 4.69. The average molecular weight is 440 g/mol. The Morgan fingerprint density at radius 1 is 0.969 bits per heavy atom. The Kier molecular flexibility index (Phi) is 6.74. The van der Waals surface area contributed by atoms with Gasteiger partial charge in [-0.25, -0.2) is 14.5 Å². The fourth-order valence-corrected chi connectivity index (χ4v) is 2.88. The van der Waals surface area contributed by atoms with Crippen LogP contribution in [0.15, 0.2) is 48.0 Å². The summed E-state index contributed by atoms with van der Waals surface area (Å²) in [6.45, 7) is -0.312. The van der Waals surface area contributed by atoms with Crippen LogP contribution in [-0.2, 0) is 19.1 Å². The molecule has 166 valence electrons.